The minimum absolute atomic E-state index is 0. The fourth-order valence-electron chi connectivity index (χ4n) is 4.50. The molecule has 0 spiro atoms. The molecule has 0 fully saturated rings. The first kappa shape index (κ1) is 24.9. The van der Waals surface area contributed by atoms with Crippen LogP contribution in [0, 0.1) is 11.8 Å². The third-order valence-corrected chi connectivity index (χ3v) is 9.60. The molecule has 4 heteroatoms. The van der Waals surface area contributed by atoms with Gasteiger partial charge in [-0.25, -0.2) is 0 Å². The second kappa shape index (κ2) is 8.64. The van der Waals surface area contributed by atoms with E-state index in [2.05, 4.69) is 66.8 Å². The Morgan fingerprint density at radius 3 is 1.18 bits per heavy atom. The van der Waals surface area contributed by atoms with Gasteiger partial charge in [-0.15, -0.1) is 0 Å². The van der Waals surface area contributed by atoms with Crippen molar-refractivity contribution in [2.45, 2.75) is 54.6 Å². The van der Waals surface area contributed by atoms with E-state index >= 15 is 0 Å². The third kappa shape index (κ3) is 3.99. The topological polar surface area (TPSA) is 0 Å². The zero-order valence-corrected chi connectivity index (χ0v) is 21.2. The van der Waals surface area contributed by atoms with Gasteiger partial charge < -0.3 is 24.8 Å². The number of halogens is 2. The Balaban J connectivity index is 0. The molecule has 2 aliphatic rings. The molecule has 0 nitrogen and oxygen atoms in total. The van der Waals surface area contributed by atoms with Crippen LogP contribution in [0.5, 0.6) is 0 Å². The summed E-state index contributed by atoms with van der Waals surface area (Å²) in [5, 5.41) is 3.52. The summed E-state index contributed by atoms with van der Waals surface area (Å²) in [6.45, 7) is 19.1. The molecule has 124 valence electrons. The van der Waals surface area contributed by atoms with Crippen molar-refractivity contribution in [2.75, 3.05) is 0 Å². The molecule has 0 bridgehead atoms. The van der Waals surface area contributed by atoms with Gasteiger partial charge in [-0.3, -0.25) is 0 Å². The molecule has 2 unspecified atom stereocenters. The van der Waals surface area contributed by atoms with Crippen LogP contribution in [0.3, 0.4) is 0 Å². The van der Waals surface area contributed by atoms with Gasteiger partial charge in [0.05, 0.1) is 0 Å². The molecule has 2 rings (SSSR count). The van der Waals surface area contributed by atoms with Gasteiger partial charge in [0.2, 0.25) is 0 Å². The average molecular weight is 522 g/mol. The van der Waals surface area contributed by atoms with Crippen LogP contribution in [-0.4, -0.2) is 8.07 Å². The van der Waals surface area contributed by atoms with Crippen LogP contribution >= 0.6 is 0 Å². The Morgan fingerprint density at radius 1 is 0.727 bits per heavy atom. The largest absolute Gasteiger partial charge is 1.00 e. The molecule has 0 amide bonds. The van der Waals surface area contributed by atoms with Gasteiger partial charge in [0.15, 0.2) is 0 Å². The van der Waals surface area contributed by atoms with Crippen molar-refractivity contribution in [3.8, 4) is 0 Å². The van der Waals surface area contributed by atoms with Crippen LogP contribution in [-0.2, 0) is 25.8 Å². The predicted octanol–water partition coefficient (Wildman–Crippen LogP) is -0.396. The maximum atomic E-state index is 2.55. The van der Waals surface area contributed by atoms with E-state index in [-0.39, 0.29) is 50.7 Å². The van der Waals surface area contributed by atoms with Crippen LogP contribution in [0.4, 0.5) is 0 Å². The van der Waals surface area contributed by atoms with E-state index in [4.69, 9.17) is 0 Å². The smallest absolute Gasteiger partial charge is 0.105 e. The summed E-state index contributed by atoms with van der Waals surface area (Å²) in [5.41, 5.74) is 6.13. The van der Waals surface area contributed by atoms with Crippen molar-refractivity contribution in [3.05, 3.63) is 44.8 Å². The van der Waals surface area contributed by atoms with Crippen molar-refractivity contribution in [1.82, 2.24) is 0 Å². The Bertz CT molecular complexity index is 505. The quantitative estimate of drug-likeness (QED) is 0.434. The summed E-state index contributed by atoms with van der Waals surface area (Å²) < 4.78 is 0. The fourth-order valence-corrected chi connectivity index (χ4v) is 9.50. The SMILES string of the molecule is CC1=CC(C)C([Si](C)(C)C2=C(C)C(C)=CC2C)=C1C.[Cl-].[Cl-].[Hf]. The molecule has 0 N–H and O–H groups in total. The van der Waals surface area contributed by atoms with Crippen LogP contribution in [0.15, 0.2) is 44.8 Å². The summed E-state index contributed by atoms with van der Waals surface area (Å²) >= 11 is 0. The van der Waals surface area contributed by atoms with Gasteiger partial charge in [-0.2, -0.15) is 0 Å². The van der Waals surface area contributed by atoms with Crippen LogP contribution in [0.25, 0.3) is 0 Å². The summed E-state index contributed by atoms with van der Waals surface area (Å²) in [7, 11) is -1.52. The molecule has 0 aromatic carbocycles. The molecule has 2 aliphatic carbocycles. The van der Waals surface area contributed by atoms with Crippen LogP contribution in [0.1, 0.15) is 41.5 Å². The Morgan fingerprint density at radius 2 is 1.00 bits per heavy atom. The minimum atomic E-state index is -1.52. The van der Waals surface area contributed by atoms with E-state index in [1.807, 2.05) is 0 Å². The Hall–Kier alpha value is 0.627. The first-order valence-electron chi connectivity index (χ1n) is 7.48. The molecule has 2 atom stereocenters. The summed E-state index contributed by atoms with van der Waals surface area (Å²) in [5.74, 6) is 1.27. The van der Waals surface area contributed by atoms with Crippen LogP contribution < -0.4 is 24.8 Å². The molecule has 0 saturated heterocycles. The van der Waals surface area contributed by atoms with E-state index in [9.17, 15) is 0 Å². The van der Waals surface area contributed by atoms with Crippen LogP contribution in [0.2, 0.25) is 13.1 Å². The minimum Gasteiger partial charge on any atom is -1.00 e. The molecular formula is C18H28Cl2HfSi-2. The van der Waals surface area contributed by atoms with E-state index in [0.717, 1.165) is 0 Å². The molecule has 0 aromatic rings. The van der Waals surface area contributed by atoms with Gasteiger partial charge in [-0.05, 0) is 39.5 Å². The van der Waals surface area contributed by atoms with E-state index in [1.165, 1.54) is 11.1 Å². The zero-order valence-electron chi connectivity index (χ0n) is 15.1. The van der Waals surface area contributed by atoms with Gasteiger partial charge in [-0.1, -0.05) is 71.8 Å². The molecule has 0 aromatic heterocycles. The first-order chi connectivity index (χ1) is 8.67. The third-order valence-electron chi connectivity index (χ3n) is 5.25. The van der Waals surface area contributed by atoms with Gasteiger partial charge >= 0.3 is 0 Å². The second-order valence-corrected chi connectivity index (χ2v) is 11.3. The number of hydrogen-bond acceptors (Lipinski definition) is 0. The molecular weight excluding hydrogens is 494 g/mol. The van der Waals surface area contributed by atoms with Crippen molar-refractivity contribution in [2.24, 2.45) is 11.8 Å². The van der Waals surface area contributed by atoms with Crippen molar-refractivity contribution >= 4 is 8.07 Å². The normalized spacial score (nSPS) is 24.4. The molecule has 0 heterocycles. The number of allylic oxidation sites excluding steroid dienone is 8. The number of rotatable bonds is 2. The summed E-state index contributed by atoms with van der Waals surface area (Å²) in [6, 6.07) is 0. The monoisotopic (exact) mass is 522 g/mol. The van der Waals surface area contributed by atoms with Gasteiger partial charge in [0, 0.05) is 25.8 Å². The predicted molar refractivity (Wildman–Crippen MR) is 88.7 cm³/mol. The van der Waals surface area contributed by atoms with Crippen molar-refractivity contribution < 1.29 is 50.7 Å². The first-order valence-corrected chi connectivity index (χ1v) is 10.5. The second-order valence-electron chi connectivity index (χ2n) is 6.98. The van der Waals surface area contributed by atoms with Crippen molar-refractivity contribution in [1.29, 1.82) is 0 Å². The molecule has 22 heavy (non-hydrogen) atoms. The molecule has 0 saturated carbocycles. The fraction of sp³-hybridized carbons (Fsp3) is 0.556. The van der Waals surface area contributed by atoms with Gasteiger partial charge in [0.25, 0.3) is 0 Å². The summed E-state index contributed by atoms with van der Waals surface area (Å²) in [6.07, 6.45) is 4.91. The summed E-state index contributed by atoms with van der Waals surface area (Å²) in [4.78, 5) is 0. The maximum Gasteiger partial charge on any atom is 0.105 e. The van der Waals surface area contributed by atoms with E-state index < -0.39 is 8.07 Å². The van der Waals surface area contributed by atoms with Gasteiger partial charge in [0.1, 0.15) is 8.07 Å². The molecule has 0 radical (unpaired) electrons. The Labute approximate surface area is 169 Å². The standard InChI is InChI=1S/C18H28Si.2ClH.Hf/c1-11-9-13(3)17(15(11)5)19(7,8)18-14(4)10-12(2)16(18)6;;;/h9-10,13-14H,1-8H3;2*1H;/p-2. The Kier molecular flexibility index (Phi) is 9.77. The van der Waals surface area contributed by atoms with E-state index in [1.54, 1.807) is 21.5 Å². The van der Waals surface area contributed by atoms with E-state index in [0.29, 0.717) is 11.8 Å². The van der Waals surface area contributed by atoms with Crippen molar-refractivity contribution in [3.63, 3.8) is 0 Å². The zero-order chi connectivity index (χ0) is 14.5. The number of hydrogen-bond donors (Lipinski definition) is 0. The maximum absolute atomic E-state index is 2.55. The average Bonchev–Trinajstić information content (AvgIpc) is 2.66. The molecule has 0 aliphatic heterocycles.